The number of hydrogen-bond donors (Lipinski definition) is 2. The first kappa shape index (κ1) is 36.0. The van der Waals surface area contributed by atoms with E-state index in [0.717, 1.165) is 0 Å². The Balaban J connectivity index is 0.000000229. The van der Waals surface area contributed by atoms with Crippen LogP contribution in [0.5, 0.6) is 11.5 Å². The van der Waals surface area contributed by atoms with Gasteiger partial charge in [0.25, 0.3) is 0 Å². The molecule has 250 valence electrons. The van der Waals surface area contributed by atoms with Crippen molar-refractivity contribution in [1.29, 1.82) is 0 Å². The molecule has 0 atom stereocenters. The van der Waals surface area contributed by atoms with Gasteiger partial charge in [-0.15, -0.1) is 26.3 Å². The maximum atomic E-state index is 12.2. The molecule has 0 aliphatic heterocycles. The van der Waals surface area contributed by atoms with E-state index in [1.54, 1.807) is 24.3 Å². The number of halogens is 9. The Kier molecular flexibility index (Phi) is 11.5. The maximum absolute atomic E-state index is 12.2. The topological polar surface area (TPSA) is 111 Å². The molecule has 5 rings (SSSR count). The predicted octanol–water partition coefficient (Wildman–Crippen LogP) is 10.1. The average molecular weight is 732 g/mol. The molecule has 0 amide bonds. The van der Waals surface area contributed by atoms with E-state index in [9.17, 15) is 31.1 Å². The molecule has 3 aromatic carbocycles. The summed E-state index contributed by atoms with van der Waals surface area (Å²) in [4.78, 5) is 27.6. The number of ether oxygens (including phenoxy) is 2. The molecular weight excluding hydrogens is 713 g/mol. The van der Waals surface area contributed by atoms with E-state index in [2.05, 4.69) is 40.0 Å². The van der Waals surface area contributed by atoms with Crippen molar-refractivity contribution in [3.63, 3.8) is 0 Å². The fourth-order valence-electron chi connectivity index (χ4n) is 3.72. The summed E-state index contributed by atoms with van der Waals surface area (Å²) in [6.07, 6.45) is -9.47. The van der Waals surface area contributed by atoms with Gasteiger partial charge in [-0.2, -0.15) is 0 Å². The average Bonchev–Trinajstić information content (AvgIpc) is 2.97. The van der Waals surface area contributed by atoms with Crippen LogP contribution in [0, 0.1) is 0 Å². The summed E-state index contributed by atoms with van der Waals surface area (Å²) in [6, 6.07) is 20.0. The number of anilines is 4. The first-order chi connectivity index (χ1) is 22.5. The van der Waals surface area contributed by atoms with Crippen LogP contribution in [0.15, 0.2) is 84.9 Å². The molecule has 0 aliphatic rings. The number of nitrogens with one attached hydrogen (secondary N) is 2. The summed E-state index contributed by atoms with van der Waals surface area (Å²) in [7, 11) is 0. The molecule has 0 fully saturated rings. The molecule has 0 saturated carbocycles. The van der Waals surface area contributed by atoms with Crippen LogP contribution in [0.2, 0.25) is 15.6 Å². The highest BCUT2D eigenvalue weighted by atomic mass is 35.5. The van der Waals surface area contributed by atoms with Crippen LogP contribution >= 0.6 is 34.8 Å². The lowest BCUT2D eigenvalue weighted by Gasteiger charge is -2.11. The zero-order valence-corrected chi connectivity index (χ0v) is 26.3. The third-order valence-corrected chi connectivity index (χ3v) is 6.17. The van der Waals surface area contributed by atoms with E-state index in [0.29, 0.717) is 40.0 Å². The molecule has 48 heavy (non-hydrogen) atoms. The second kappa shape index (κ2) is 15.4. The fourth-order valence-corrected chi connectivity index (χ4v) is 4.31. The number of hydrogen-bond acceptors (Lipinski definition) is 9. The van der Waals surface area contributed by atoms with E-state index >= 15 is 0 Å². The van der Waals surface area contributed by atoms with Crippen LogP contribution < -0.4 is 20.1 Å². The zero-order valence-electron chi connectivity index (χ0n) is 24.0. The summed E-state index contributed by atoms with van der Waals surface area (Å²) in [6.45, 7) is 1.46. The molecule has 0 spiro atoms. The third-order valence-electron chi connectivity index (χ3n) is 5.61. The van der Waals surface area contributed by atoms with Crippen LogP contribution in [0.4, 0.5) is 49.4 Å². The van der Waals surface area contributed by atoms with Crippen LogP contribution in [-0.2, 0) is 0 Å². The Morgan fingerprint density at radius 1 is 0.646 bits per heavy atom. The zero-order chi connectivity index (χ0) is 35.1. The SMILES string of the molecule is CC(=O)c1cccc(-c2nc(Cl)cc(Nc3ccc(OC(F)(F)F)cc3)n2)c1.FC(F)(F)Oc1ccc(Nc2cc(Cl)nc(Cl)n2)cc1. The Morgan fingerprint density at radius 2 is 1.12 bits per heavy atom. The number of benzene rings is 3. The normalized spacial score (nSPS) is 11.2. The standard InChI is InChI=1S/C19H13ClF3N3O2.C11H6Cl2F3N3O/c1-11(27)12-3-2-4-13(9-12)18-25-16(20)10-17(26-18)24-14-5-7-15(8-6-14)28-19(21,22)23;12-8-5-9(19-10(13)18-8)17-6-1-3-7(4-2-6)20-11(14,15)16/h2-10H,1H3,(H,24,25,26);1-5H,(H,17,18,19). The number of ketones is 1. The number of carbonyl (C=O) groups is 1. The highest BCUT2D eigenvalue weighted by Gasteiger charge is 2.31. The van der Waals surface area contributed by atoms with Crippen molar-refractivity contribution in [3.05, 3.63) is 106 Å². The first-order valence-electron chi connectivity index (χ1n) is 13.1. The Bertz CT molecular complexity index is 1860. The lowest BCUT2D eigenvalue weighted by molar-refractivity contribution is -0.275. The Hall–Kier alpha value is -4.86. The minimum Gasteiger partial charge on any atom is -0.406 e. The molecule has 0 unspecified atom stereocenters. The third kappa shape index (κ3) is 11.7. The number of carbonyl (C=O) groups excluding carboxylic acids is 1. The van der Waals surface area contributed by atoms with Gasteiger partial charge in [-0.1, -0.05) is 41.4 Å². The van der Waals surface area contributed by atoms with Crippen LogP contribution in [0.1, 0.15) is 17.3 Å². The monoisotopic (exact) mass is 730 g/mol. The van der Waals surface area contributed by atoms with E-state index in [1.165, 1.54) is 67.6 Å². The molecular formula is C30H19Cl3F6N6O3. The highest BCUT2D eigenvalue weighted by Crippen LogP contribution is 2.28. The number of nitrogens with zero attached hydrogens (tertiary/aromatic N) is 4. The molecule has 2 heterocycles. The minimum atomic E-state index is -4.75. The van der Waals surface area contributed by atoms with Gasteiger partial charge in [-0.05, 0) is 73.1 Å². The molecule has 18 heteroatoms. The molecule has 0 radical (unpaired) electrons. The van der Waals surface area contributed by atoms with Gasteiger partial charge in [0, 0.05) is 34.6 Å². The van der Waals surface area contributed by atoms with Crippen molar-refractivity contribution in [2.24, 2.45) is 0 Å². The van der Waals surface area contributed by atoms with Gasteiger partial charge < -0.3 is 20.1 Å². The van der Waals surface area contributed by atoms with Gasteiger partial charge >= 0.3 is 12.7 Å². The Labute approximate surface area is 282 Å². The largest absolute Gasteiger partial charge is 0.573 e. The molecule has 0 saturated heterocycles. The van der Waals surface area contributed by atoms with Crippen molar-refractivity contribution in [2.45, 2.75) is 19.6 Å². The van der Waals surface area contributed by atoms with Crippen LogP contribution in [0.3, 0.4) is 0 Å². The van der Waals surface area contributed by atoms with Crippen molar-refractivity contribution < 1.29 is 40.6 Å². The number of alkyl halides is 6. The van der Waals surface area contributed by atoms with Gasteiger partial charge in [0.15, 0.2) is 11.6 Å². The van der Waals surface area contributed by atoms with E-state index in [1.807, 2.05) is 0 Å². The fraction of sp³-hybridized carbons (Fsp3) is 0.100. The molecule has 5 aromatic rings. The van der Waals surface area contributed by atoms with Crippen molar-refractivity contribution in [3.8, 4) is 22.9 Å². The summed E-state index contributed by atoms with van der Waals surface area (Å²) in [5, 5.41) is 6.03. The van der Waals surface area contributed by atoms with E-state index in [-0.39, 0.29) is 32.9 Å². The summed E-state index contributed by atoms with van der Waals surface area (Å²) in [5.74, 6) is 0.216. The van der Waals surface area contributed by atoms with Gasteiger partial charge in [-0.3, -0.25) is 4.79 Å². The first-order valence-corrected chi connectivity index (χ1v) is 14.3. The molecule has 0 bridgehead atoms. The van der Waals surface area contributed by atoms with Crippen LogP contribution in [0.25, 0.3) is 11.4 Å². The number of Topliss-reactive ketones (excluding diaryl/α,β-unsaturated/α-hetero) is 1. The van der Waals surface area contributed by atoms with E-state index < -0.39 is 12.7 Å². The number of aromatic nitrogens is 4. The van der Waals surface area contributed by atoms with E-state index in [4.69, 9.17) is 34.8 Å². The summed E-state index contributed by atoms with van der Waals surface area (Å²) >= 11 is 17.4. The Morgan fingerprint density at radius 3 is 1.58 bits per heavy atom. The molecule has 0 aliphatic carbocycles. The predicted molar refractivity (Wildman–Crippen MR) is 167 cm³/mol. The molecule has 9 nitrogen and oxygen atoms in total. The minimum absolute atomic E-state index is 0.0444. The lowest BCUT2D eigenvalue weighted by Crippen LogP contribution is -2.17. The van der Waals surface area contributed by atoms with Gasteiger partial charge in [0.05, 0.1) is 0 Å². The van der Waals surface area contributed by atoms with Gasteiger partial charge in [-0.25, -0.2) is 19.9 Å². The van der Waals surface area contributed by atoms with Crippen molar-refractivity contribution in [1.82, 2.24) is 19.9 Å². The van der Waals surface area contributed by atoms with Crippen molar-refractivity contribution in [2.75, 3.05) is 10.6 Å². The lowest BCUT2D eigenvalue weighted by atomic mass is 10.1. The van der Waals surface area contributed by atoms with Gasteiger partial charge in [0.2, 0.25) is 5.28 Å². The quantitative estimate of drug-likeness (QED) is 0.0697. The molecule has 2 aromatic heterocycles. The highest BCUT2D eigenvalue weighted by molar-refractivity contribution is 6.32. The summed E-state index contributed by atoms with van der Waals surface area (Å²) < 4.78 is 80.2. The molecule has 2 N–H and O–H groups in total. The number of rotatable bonds is 8. The van der Waals surface area contributed by atoms with Gasteiger partial charge in [0.1, 0.15) is 33.4 Å². The van der Waals surface area contributed by atoms with Crippen LogP contribution in [-0.4, -0.2) is 38.4 Å². The maximum Gasteiger partial charge on any atom is 0.573 e. The smallest absolute Gasteiger partial charge is 0.406 e. The second-order valence-corrected chi connectivity index (χ2v) is 10.4. The second-order valence-electron chi connectivity index (χ2n) is 9.28. The van der Waals surface area contributed by atoms with Crippen molar-refractivity contribution >= 4 is 63.6 Å². The summed E-state index contributed by atoms with van der Waals surface area (Å²) in [5.41, 5.74) is 2.08.